The molecule has 1 saturated heterocycles. The zero-order valence-corrected chi connectivity index (χ0v) is 15.1. The molecule has 0 bridgehead atoms. The van der Waals surface area contributed by atoms with Gasteiger partial charge in [0.15, 0.2) is 0 Å². The van der Waals surface area contributed by atoms with Gasteiger partial charge in [-0.15, -0.1) is 0 Å². The minimum Gasteiger partial charge on any atom is -1.00 e. The fourth-order valence-electron chi connectivity index (χ4n) is 2.76. The van der Waals surface area contributed by atoms with Crippen molar-refractivity contribution in [1.29, 1.82) is 0 Å². The zero-order valence-electron chi connectivity index (χ0n) is 12.8. The van der Waals surface area contributed by atoms with E-state index in [-0.39, 0.29) is 18.3 Å². The van der Waals surface area contributed by atoms with Gasteiger partial charge in [-0.1, -0.05) is 42.5 Å². The number of halogens is 2. The van der Waals surface area contributed by atoms with E-state index in [2.05, 4.69) is 45.1 Å². The molecule has 23 heavy (non-hydrogen) atoms. The molecule has 0 aromatic heterocycles. The van der Waals surface area contributed by atoms with Gasteiger partial charge in [-0.2, -0.15) is 0 Å². The molecule has 0 N–H and O–H groups in total. The first kappa shape index (κ1) is 18.0. The highest BCUT2D eigenvalue weighted by atomic mass is 79.9. The van der Waals surface area contributed by atoms with Crippen LogP contribution >= 0.6 is 15.9 Å². The summed E-state index contributed by atoms with van der Waals surface area (Å²) in [5.74, 6) is 0.117. The molecule has 3 rings (SSSR count). The number of carbonyl (C=O) groups is 1. The maximum absolute atomic E-state index is 12.6. The summed E-state index contributed by atoms with van der Waals surface area (Å²) in [7, 11) is 0. The highest BCUT2D eigenvalue weighted by Gasteiger charge is 2.23. The van der Waals surface area contributed by atoms with Crippen molar-refractivity contribution < 1.29 is 17.2 Å². The van der Waals surface area contributed by atoms with Crippen molar-refractivity contribution in [3.05, 3.63) is 70.2 Å². The minimum absolute atomic E-state index is 0. The minimum atomic E-state index is 0. The SMILES string of the molecule is O=C(c1ccccc1Br)N1CCN(Cc2ccccc2)CC1.[Cl-]. The topological polar surface area (TPSA) is 23.6 Å². The maximum Gasteiger partial charge on any atom is 0.255 e. The summed E-state index contributed by atoms with van der Waals surface area (Å²) in [6, 6.07) is 18.1. The average molecular weight is 395 g/mol. The van der Waals surface area contributed by atoms with Crippen molar-refractivity contribution >= 4 is 21.8 Å². The molecule has 2 aromatic carbocycles. The summed E-state index contributed by atoms with van der Waals surface area (Å²) >= 11 is 3.46. The van der Waals surface area contributed by atoms with Crippen molar-refractivity contribution in [2.75, 3.05) is 26.2 Å². The fourth-order valence-corrected chi connectivity index (χ4v) is 3.21. The lowest BCUT2D eigenvalue weighted by molar-refractivity contribution is -0.0000152. The Morgan fingerprint density at radius 2 is 1.52 bits per heavy atom. The molecule has 0 saturated carbocycles. The summed E-state index contributed by atoms with van der Waals surface area (Å²) < 4.78 is 0.867. The summed E-state index contributed by atoms with van der Waals surface area (Å²) in [6.45, 7) is 4.37. The predicted octanol–water partition coefficient (Wildman–Crippen LogP) is 0.411. The van der Waals surface area contributed by atoms with Crippen molar-refractivity contribution in [3.8, 4) is 0 Å². The highest BCUT2D eigenvalue weighted by molar-refractivity contribution is 9.10. The van der Waals surface area contributed by atoms with Crippen LogP contribution in [0.3, 0.4) is 0 Å². The van der Waals surface area contributed by atoms with E-state index in [4.69, 9.17) is 0 Å². The Morgan fingerprint density at radius 3 is 2.17 bits per heavy atom. The number of piperazine rings is 1. The van der Waals surface area contributed by atoms with Crippen molar-refractivity contribution in [1.82, 2.24) is 9.80 Å². The van der Waals surface area contributed by atoms with E-state index >= 15 is 0 Å². The third kappa shape index (κ3) is 4.56. The van der Waals surface area contributed by atoms with Gasteiger partial charge in [-0.25, -0.2) is 0 Å². The van der Waals surface area contributed by atoms with Crippen molar-refractivity contribution in [2.24, 2.45) is 0 Å². The predicted molar refractivity (Wildman–Crippen MR) is 91.8 cm³/mol. The van der Waals surface area contributed by atoms with E-state index in [0.29, 0.717) is 0 Å². The summed E-state index contributed by atoms with van der Waals surface area (Å²) in [6.07, 6.45) is 0. The standard InChI is InChI=1S/C18H19BrN2O.ClH/c19-17-9-5-4-8-16(17)18(22)21-12-10-20(11-13-21)14-15-6-2-1-3-7-15;/h1-9H,10-14H2;1H/p-1. The van der Waals surface area contributed by atoms with Crippen LogP contribution in [0.1, 0.15) is 15.9 Å². The van der Waals surface area contributed by atoms with Crippen LogP contribution in [0.25, 0.3) is 0 Å². The molecule has 1 aliphatic heterocycles. The van der Waals surface area contributed by atoms with Gasteiger partial charge in [0, 0.05) is 37.2 Å². The molecule has 0 atom stereocenters. The molecule has 0 spiro atoms. The molecule has 0 aliphatic carbocycles. The van der Waals surface area contributed by atoms with Gasteiger partial charge in [0.2, 0.25) is 0 Å². The lowest BCUT2D eigenvalue weighted by Gasteiger charge is -2.35. The molecule has 3 nitrogen and oxygen atoms in total. The summed E-state index contributed by atoms with van der Waals surface area (Å²) in [4.78, 5) is 16.9. The van der Waals surface area contributed by atoms with Crippen LogP contribution in [0.4, 0.5) is 0 Å². The Labute approximate surface area is 151 Å². The molecular weight excluding hydrogens is 376 g/mol. The van der Waals surface area contributed by atoms with Crippen LogP contribution < -0.4 is 12.4 Å². The number of amides is 1. The largest absolute Gasteiger partial charge is 1.00 e. The second kappa shape index (κ2) is 8.48. The van der Waals surface area contributed by atoms with Crippen LogP contribution in [0.15, 0.2) is 59.1 Å². The van der Waals surface area contributed by atoms with E-state index < -0.39 is 0 Å². The molecule has 1 fully saturated rings. The van der Waals surface area contributed by atoms with Gasteiger partial charge >= 0.3 is 0 Å². The van der Waals surface area contributed by atoms with Crippen LogP contribution in [0.5, 0.6) is 0 Å². The van der Waals surface area contributed by atoms with E-state index in [0.717, 1.165) is 42.8 Å². The van der Waals surface area contributed by atoms with Crippen LogP contribution in [-0.2, 0) is 6.54 Å². The molecule has 5 heteroatoms. The quantitative estimate of drug-likeness (QED) is 0.753. The van der Waals surface area contributed by atoms with Gasteiger partial charge in [-0.3, -0.25) is 9.69 Å². The van der Waals surface area contributed by atoms with Crippen LogP contribution in [-0.4, -0.2) is 41.9 Å². The number of rotatable bonds is 3. The molecule has 2 aromatic rings. The average Bonchev–Trinajstić information content (AvgIpc) is 2.56. The van der Waals surface area contributed by atoms with E-state index in [1.165, 1.54) is 5.56 Å². The summed E-state index contributed by atoms with van der Waals surface area (Å²) in [5, 5.41) is 0. The Hall–Kier alpha value is -1.36. The molecule has 1 aliphatic rings. The molecule has 0 radical (unpaired) electrons. The second-order valence-electron chi connectivity index (χ2n) is 5.53. The highest BCUT2D eigenvalue weighted by Crippen LogP contribution is 2.19. The van der Waals surface area contributed by atoms with Crippen LogP contribution in [0, 0.1) is 0 Å². The molecule has 122 valence electrons. The first-order chi connectivity index (χ1) is 10.7. The molecule has 1 amide bonds. The molecule has 0 unspecified atom stereocenters. The van der Waals surface area contributed by atoms with Gasteiger partial charge in [-0.05, 0) is 33.6 Å². The van der Waals surface area contributed by atoms with Crippen LogP contribution in [0.2, 0.25) is 0 Å². The number of nitrogens with zero attached hydrogens (tertiary/aromatic N) is 2. The number of carbonyl (C=O) groups excluding carboxylic acids is 1. The molecular formula is C18H19BrClN2O-. The number of hydrogen-bond acceptors (Lipinski definition) is 2. The van der Waals surface area contributed by atoms with E-state index in [9.17, 15) is 4.79 Å². The van der Waals surface area contributed by atoms with Crippen molar-refractivity contribution in [3.63, 3.8) is 0 Å². The Balaban J connectivity index is 0.00000192. The van der Waals surface area contributed by atoms with Crippen molar-refractivity contribution in [2.45, 2.75) is 6.54 Å². The number of hydrogen-bond donors (Lipinski definition) is 0. The number of benzene rings is 2. The van der Waals surface area contributed by atoms with E-state index in [1.54, 1.807) is 0 Å². The van der Waals surface area contributed by atoms with Gasteiger partial charge in [0.25, 0.3) is 5.91 Å². The Morgan fingerprint density at radius 1 is 0.913 bits per heavy atom. The van der Waals surface area contributed by atoms with E-state index in [1.807, 2.05) is 35.2 Å². The first-order valence-electron chi connectivity index (χ1n) is 7.54. The first-order valence-corrected chi connectivity index (χ1v) is 8.33. The lowest BCUT2D eigenvalue weighted by Crippen LogP contribution is -3.00. The second-order valence-corrected chi connectivity index (χ2v) is 6.39. The third-order valence-electron chi connectivity index (χ3n) is 4.01. The maximum atomic E-state index is 12.6. The smallest absolute Gasteiger partial charge is 0.255 e. The van der Waals surface area contributed by atoms with Gasteiger partial charge < -0.3 is 17.3 Å². The third-order valence-corrected chi connectivity index (χ3v) is 4.70. The summed E-state index contributed by atoms with van der Waals surface area (Å²) in [5.41, 5.74) is 2.08. The zero-order chi connectivity index (χ0) is 15.4. The Bertz CT molecular complexity index is 642. The normalized spacial score (nSPS) is 15.1. The van der Waals surface area contributed by atoms with Gasteiger partial charge in [0.1, 0.15) is 0 Å². The fraction of sp³-hybridized carbons (Fsp3) is 0.278. The Kier molecular flexibility index (Phi) is 6.63. The van der Waals surface area contributed by atoms with Gasteiger partial charge in [0.05, 0.1) is 5.56 Å². The molecule has 1 heterocycles. The lowest BCUT2D eigenvalue weighted by atomic mass is 10.1. The monoisotopic (exact) mass is 393 g/mol.